The van der Waals surface area contributed by atoms with E-state index in [4.69, 9.17) is 0 Å². The molecule has 0 aliphatic heterocycles. The van der Waals surface area contributed by atoms with E-state index in [0.717, 1.165) is 18.6 Å². The summed E-state index contributed by atoms with van der Waals surface area (Å²) in [5, 5.41) is 0. The Morgan fingerprint density at radius 3 is 2.71 bits per heavy atom. The SMILES string of the molecule is O=[C]OC1=CCC1. The van der Waals surface area contributed by atoms with Gasteiger partial charge in [0.2, 0.25) is 0 Å². The van der Waals surface area contributed by atoms with Gasteiger partial charge in [-0.15, -0.1) is 0 Å². The van der Waals surface area contributed by atoms with Crippen LogP contribution in [0.1, 0.15) is 12.8 Å². The second-order valence-electron chi connectivity index (χ2n) is 1.39. The average molecular weight is 97.1 g/mol. The van der Waals surface area contributed by atoms with Crippen LogP contribution in [-0.4, -0.2) is 6.47 Å². The Labute approximate surface area is 41.8 Å². The van der Waals surface area contributed by atoms with E-state index in [0.29, 0.717) is 0 Å². The fourth-order valence-electron chi connectivity index (χ4n) is 0.408. The molecule has 0 aromatic rings. The second kappa shape index (κ2) is 1.78. The van der Waals surface area contributed by atoms with E-state index >= 15 is 0 Å². The maximum atomic E-state index is 9.42. The smallest absolute Gasteiger partial charge is 0.422 e. The zero-order valence-corrected chi connectivity index (χ0v) is 3.81. The Hall–Kier alpha value is -0.790. The van der Waals surface area contributed by atoms with Gasteiger partial charge >= 0.3 is 6.47 Å². The Balaban J connectivity index is 2.27. The number of allylic oxidation sites excluding steroid dienone is 2. The quantitative estimate of drug-likeness (QED) is 0.508. The summed E-state index contributed by atoms with van der Waals surface area (Å²) in [5.74, 6) is 0.759. The summed E-state index contributed by atoms with van der Waals surface area (Å²) in [5.41, 5.74) is 0. The molecule has 1 radical (unpaired) electrons. The van der Waals surface area contributed by atoms with E-state index in [-0.39, 0.29) is 0 Å². The van der Waals surface area contributed by atoms with E-state index in [2.05, 4.69) is 4.74 Å². The Morgan fingerprint density at radius 2 is 2.57 bits per heavy atom. The minimum absolute atomic E-state index is 0.759. The van der Waals surface area contributed by atoms with Gasteiger partial charge in [-0.3, -0.25) is 0 Å². The summed E-state index contributed by atoms with van der Waals surface area (Å²) in [7, 11) is 0. The molecule has 0 N–H and O–H groups in total. The van der Waals surface area contributed by atoms with Crippen molar-refractivity contribution in [1.29, 1.82) is 0 Å². The molecule has 2 heteroatoms. The van der Waals surface area contributed by atoms with Crippen molar-refractivity contribution in [3.63, 3.8) is 0 Å². The van der Waals surface area contributed by atoms with Gasteiger partial charge < -0.3 is 4.74 Å². The standard InChI is InChI=1S/C5H5O2/c6-4-7-5-2-1-3-5/h2H,1,3H2. The van der Waals surface area contributed by atoms with Crippen molar-refractivity contribution in [2.75, 3.05) is 0 Å². The lowest BCUT2D eigenvalue weighted by molar-refractivity contribution is 0.332. The molecule has 1 rings (SSSR count). The van der Waals surface area contributed by atoms with Crippen LogP contribution in [0, 0.1) is 0 Å². The van der Waals surface area contributed by atoms with Gasteiger partial charge in [0.1, 0.15) is 5.76 Å². The van der Waals surface area contributed by atoms with Crippen LogP contribution >= 0.6 is 0 Å². The van der Waals surface area contributed by atoms with E-state index in [1.54, 1.807) is 0 Å². The van der Waals surface area contributed by atoms with Crippen molar-refractivity contribution in [1.82, 2.24) is 0 Å². The third kappa shape index (κ3) is 0.796. The molecule has 0 bridgehead atoms. The minimum atomic E-state index is 0.759. The molecule has 0 spiro atoms. The molecule has 0 amide bonds. The lowest BCUT2D eigenvalue weighted by Gasteiger charge is -2.08. The van der Waals surface area contributed by atoms with Crippen LogP contribution in [-0.2, 0) is 9.53 Å². The molecule has 37 valence electrons. The molecule has 0 atom stereocenters. The number of rotatable bonds is 2. The van der Waals surface area contributed by atoms with Gasteiger partial charge in [0.15, 0.2) is 0 Å². The van der Waals surface area contributed by atoms with Gasteiger partial charge in [-0.2, -0.15) is 0 Å². The van der Waals surface area contributed by atoms with E-state index in [1.165, 1.54) is 6.47 Å². The molecule has 0 heterocycles. The number of hydrogen-bond acceptors (Lipinski definition) is 2. The minimum Gasteiger partial charge on any atom is -0.423 e. The molecule has 1 aliphatic carbocycles. The average Bonchev–Trinajstić information content (AvgIpc) is 1.55. The van der Waals surface area contributed by atoms with Crippen molar-refractivity contribution in [3.8, 4) is 0 Å². The van der Waals surface area contributed by atoms with Crippen molar-refractivity contribution in [2.24, 2.45) is 0 Å². The Kier molecular flexibility index (Phi) is 1.11. The van der Waals surface area contributed by atoms with Crippen LogP contribution in [0.2, 0.25) is 0 Å². The van der Waals surface area contributed by atoms with Crippen LogP contribution in [0.4, 0.5) is 0 Å². The predicted octanol–water partition coefficient (Wildman–Crippen LogP) is 0.748. The van der Waals surface area contributed by atoms with Gasteiger partial charge in [-0.05, 0) is 12.5 Å². The highest BCUT2D eigenvalue weighted by Gasteiger charge is 2.04. The zero-order chi connectivity index (χ0) is 5.11. The molecule has 2 nitrogen and oxygen atoms in total. The molecule has 0 aromatic carbocycles. The summed E-state index contributed by atoms with van der Waals surface area (Å²) < 4.78 is 4.33. The Bertz CT molecular complexity index is 105. The second-order valence-corrected chi connectivity index (χ2v) is 1.39. The maximum absolute atomic E-state index is 9.42. The lowest BCUT2D eigenvalue weighted by atomic mass is 10.1. The molecular formula is C5H5O2. The zero-order valence-electron chi connectivity index (χ0n) is 3.81. The topological polar surface area (TPSA) is 26.3 Å². The first-order valence-electron chi connectivity index (χ1n) is 2.16. The summed E-state index contributed by atoms with van der Waals surface area (Å²) in [6, 6.07) is 0. The van der Waals surface area contributed by atoms with E-state index in [1.807, 2.05) is 6.08 Å². The lowest BCUT2D eigenvalue weighted by Crippen LogP contribution is -1.96. The normalized spacial score (nSPS) is 16.9. The molecule has 0 saturated carbocycles. The van der Waals surface area contributed by atoms with Gasteiger partial charge in [0.05, 0.1) is 0 Å². The van der Waals surface area contributed by atoms with Gasteiger partial charge in [0, 0.05) is 6.42 Å². The van der Waals surface area contributed by atoms with Crippen molar-refractivity contribution < 1.29 is 9.53 Å². The van der Waals surface area contributed by atoms with Crippen molar-refractivity contribution in [3.05, 3.63) is 11.8 Å². The van der Waals surface area contributed by atoms with Gasteiger partial charge in [-0.25, -0.2) is 4.79 Å². The van der Waals surface area contributed by atoms with Gasteiger partial charge in [0.25, 0.3) is 0 Å². The fourth-order valence-corrected chi connectivity index (χ4v) is 0.408. The summed E-state index contributed by atoms with van der Waals surface area (Å²) >= 11 is 0. The van der Waals surface area contributed by atoms with Crippen LogP contribution in [0.3, 0.4) is 0 Å². The number of ether oxygens (including phenoxy) is 1. The third-order valence-electron chi connectivity index (χ3n) is 0.936. The first-order valence-corrected chi connectivity index (χ1v) is 2.16. The first-order chi connectivity index (χ1) is 3.43. The third-order valence-corrected chi connectivity index (χ3v) is 0.936. The summed E-state index contributed by atoms with van der Waals surface area (Å²) in [6.07, 6.45) is 3.80. The molecule has 0 aromatic heterocycles. The fraction of sp³-hybridized carbons (Fsp3) is 0.400. The molecule has 0 saturated heterocycles. The highest BCUT2D eigenvalue weighted by atomic mass is 16.5. The highest BCUT2D eigenvalue weighted by Crippen LogP contribution is 2.16. The first kappa shape index (κ1) is 4.37. The monoisotopic (exact) mass is 97.0 g/mol. The van der Waals surface area contributed by atoms with Crippen molar-refractivity contribution >= 4 is 6.47 Å². The largest absolute Gasteiger partial charge is 0.423 e. The summed E-state index contributed by atoms with van der Waals surface area (Å²) in [4.78, 5) is 9.42. The summed E-state index contributed by atoms with van der Waals surface area (Å²) in [6.45, 7) is 1.35. The highest BCUT2D eigenvalue weighted by molar-refractivity contribution is 5.41. The molecule has 0 unspecified atom stereocenters. The molecule has 0 fully saturated rings. The van der Waals surface area contributed by atoms with Crippen LogP contribution in [0.25, 0.3) is 0 Å². The van der Waals surface area contributed by atoms with Crippen molar-refractivity contribution in [2.45, 2.75) is 12.8 Å². The molecular weight excluding hydrogens is 92.1 g/mol. The number of hydrogen-bond donors (Lipinski definition) is 0. The van der Waals surface area contributed by atoms with Crippen LogP contribution < -0.4 is 0 Å². The molecule has 1 aliphatic rings. The van der Waals surface area contributed by atoms with Crippen LogP contribution in [0.5, 0.6) is 0 Å². The number of carbonyl (C=O) groups excluding carboxylic acids is 1. The predicted molar refractivity (Wildman–Crippen MR) is 24.1 cm³/mol. The van der Waals surface area contributed by atoms with E-state index in [9.17, 15) is 4.79 Å². The van der Waals surface area contributed by atoms with E-state index < -0.39 is 0 Å². The maximum Gasteiger partial charge on any atom is 0.422 e. The van der Waals surface area contributed by atoms with Crippen LogP contribution in [0.15, 0.2) is 11.8 Å². The Morgan fingerprint density at radius 1 is 1.86 bits per heavy atom. The van der Waals surface area contributed by atoms with Gasteiger partial charge in [-0.1, -0.05) is 0 Å². The molecule has 7 heavy (non-hydrogen) atoms.